The Kier molecular flexibility index (Phi) is 4.06. The summed E-state index contributed by atoms with van der Waals surface area (Å²) in [5, 5.41) is 7.92. The molecule has 2 aromatic rings. The number of rotatable bonds is 6. The minimum absolute atomic E-state index is 0.174. The molecule has 0 unspecified atom stereocenters. The molecular weight excluding hydrogens is 265 g/mol. The molecule has 1 saturated carbocycles. The van der Waals surface area contributed by atoms with Crippen LogP contribution in [0.5, 0.6) is 0 Å². The molecule has 1 aromatic carbocycles. The molecule has 1 fully saturated rings. The summed E-state index contributed by atoms with van der Waals surface area (Å²) in [6.07, 6.45) is 4.39. The highest BCUT2D eigenvalue weighted by Crippen LogP contribution is 2.39. The van der Waals surface area contributed by atoms with Crippen LogP contribution in [0.2, 0.25) is 0 Å². The van der Waals surface area contributed by atoms with Crippen molar-refractivity contribution in [2.24, 2.45) is 5.92 Å². The first-order valence-electron chi connectivity index (χ1n) is 7.69. The van der Waals surface area contributed by atoms with Crippen molar-refractivity contribution in [1.29, 1.82) is 0 Å². The largest absolute Gasteiger partial charge is 0.312 e. The van der Waals surface area contributed by atoms with Gasteiger partial charge in [-0.1, -0.05) is 19.9 Å². The van der Waals surface area contributed by atoms with Gasteiger partial charge in [0.05, 0.1) is 11.4 Å². The average molecular weight is 287 g/mol. The maximum Gasteiger partial charge on any atom is 0.129 e. The zero-order chi connectivity index (χ0) is 14.8. The fraction of sp³-hybridized carbons (Fsp3) is 0.471. The molecule has 1 aliphatic carbocycles. The number of hydrogen-bond acceptors (Lipinski definition) is 2. The van der Waals surface area contributed by atoms with Gasteiger partial charge in [-0.25, -0.2) is 9.07 Å². The molecule has 1 aliphatic rings. The highest BCUT2D eigenvalue weighted by molar-refractivity contribution is 5.41. The van der Waals surface area contributed by atoms with Crippen molar-refractivity contribution in [1.82, 2.24) is 15.1 Å². The molecular formula is C17H22FN3. The highest BCUT2D eigenvalue weighted by atomic mass is 19.1. The van der Waals surface area contributed by atoms with Gasteiger partial charge < -0.3 is 5.32 Å². The Hall–Kier alpha value is -1.68. The van der Waals surface area contributed by atoms with E-state index in [4.69, 9.17) is 0 Å². The third kappa shape index (κ3) is 3.32. The van der Waals surface area contributed by atoms with Crippen LogP contribution >= 0.6 is 0 Å². The molecule has 0 saturated heterocycles. The number of nitrogens with one attached hydrogen (secondary N) is 1. The van der Waals surface area contributed by atoms with Crippen molar-refractivity contribution < 1.29 is 4.39 Å². The van der Waals surface area contributed by atoms with Gasteiger partial charge in [-0.15, -0.1) is 0 Å². The van der Waals surface area contributed by atoms with Crippen LogP contribution in [0.15, 0.2) is 30.5 Å². The van der Waals surface area contributed by atoms with Crippen molar-refractivity contribution in [2.45, 2.75) is 39.2 Å². The summed E-state index contributed by atoms with van der Waals surface area (Å²) in [5.41, 5.74) is 2.64. The number of aromatic nitrogens is 2. The van der Waals surface area contributed by atoms with E-state index in [-0.39, 0.29) is 5.82 Å². The summed E-state index contributed by atoms with van der Waals surface area (Å²) in [6, 6.07) is 7.24. The summed E-state index contributed by atoms with van der Waals surface area (Å²) >= 11 is 0. The monoisotopic (exact) mass is 287 g/mol. The van der Waals surface area contributed by atoms with Gasteiger partial charge in [0.1, 0.15) is 5.82 Å². The van der Waals surface area contributed by atoms with E-state index in [0.29, 0.717) is 23.9 Å². The van der Waals surface area contributed by atoms with Gasteiger partial charge >= 0.3 is 0 Å². The molecule has 3 rings (SSSR count). The molecule has 1 aromatic heterocycles. The predicted octanol–water partition coefficient (Wildman–Crippen LogP) is 3.63. The molecule has 21 heavy (non-hydrogen) atoms. The van der Waals surface area contributed by atoms with Gasteiger partial charge in [-0.2, -0.15) is 5.10 Å². The first-order valence-corrected chi connectivity index (χ1v) is 7.69. The lowest BCUT2D eigenvalue weighted by Gasteiger charge is -2.13. The van der Waals surface area contributed by atoms with Crippen molar-refractivity contribution in [3.8, 4) is 5.69 Å². The van der Waals surface area contributed by atoms with Gasteiger partial charge in [0.15, 0.2) is 0 Å². The molecule has 0 atom stereocenters. The zero-order valence-corrected chi connectivity index (χ0v) is 12.6. The van der Waals surface area contributed by atoms with Gasteiger partial charge in [-0.05, 0) is 43.5 Å². The molecule has 0 amide bonds. The zero-order valence-electron chi connectivity index (χ0n) is 12.6. The lowest BCUT2D eigenvalue weighted by molar-refractivity contribution is 0.532. The van der Waals surface area contributed by atoms with Crippen LogP contribution in [-0.2, 0) is 6.54 Å². The van der Waals surface area contributed by atoms with Gasteiger partial charge in [0.25, 0.3) is 0 Å². The number of benzene rings is 1. The van der Waals surface area contributed by atoms with Crippen LogP contribution in [0.25, 0.3) is 5.69 Å². The van der Waals surface area contributed by atoms with Crippen LogP contribution in [0, 0.1) is 11.7 Å². The van der Waals surface area contributed by atoms with Crippen molar-refractivity contribution in [2.75, 3.05) is 6.54 Å². The van der Waals surface area contributed by atoms with Crippen LogP contribution in [0.4, 0.5) is 4.39 Å². The Labute approximate surface area is 125 Å². The first-order chi connectivity index (χ1) is 10.1. The molecule has 3 nitrogen and oxygen atoms in total. The van der Waals surface area contributed by atoms with Crippen LogP contribution in [0.3, 0.4) is 0 Å². The Balaban J connectivity index is 1.84. The Morgan fingerprint density at radius 3 is 2.86 bits per heavy atom. The van der Waals surface area contributed by atoms with E-state index < -0.39 is 0 Å². The van der Waals surface area contributed by atoms with Gasteiger partial charge in [0.2, 0.25) is 0 Å². The predicted molar refractivity (Wildman–Crippen MR) is 82.0 cm³/mol. The third-order valence-corrected chi connectivity index (χ3v) is 3.80. The van der Waals surface area contributed by atoms with Crippen LogP contribution < -0.4 is 5.32 Å². The number of hydrogen-bond donors (Lipinski definition) is 1. The Bertz CT molecular complexity index is 614. The first kappa shape index (κ1) is 14.3. The third-order valence-electron chi connectivity index (χ3n) is 3.80. The molecule has 4 heteroatoms. The fourth-order valence-electron chi connectivity index (χ4n) is 2.49. The molecule has 0 aliphatic heterocycles. The van der Waals surface area contributed by atoms with E-state index in [2.05, 4.69) is 24.3 Å². The fourth-order valence-corrected chi connectivity index (χ4v) is 2.49. The van der Waals surface area contributed by atoms with E-state index in [9.17, 15) is 4.39 Å². The van der Waals surface area contributed by atoms with E-state index in [0.717, 1.165) is 17.9 Å². The van der Waals surface area contributed by atoms with E-state index in [1.54, 1.807) is 6.07 Å². The Morgan fingerprint density at radius 2 is 2.14 bits per heavy atom. The van der Waals surface area contributed by atoms with E-state index in [1.807, 2.05) is 23.0 Å². The molecule has 0 radical (unpaired) electrons. The van der Waals surface area contributed by atoms with Gasteiger partial charge in [0, 0.05) is 24.2 Å². The van der Waals surface area contributed by atoms with Crippen molar-refractivity contribution in [3.05, 3.63) is 47.5 Å². The highest BCUT2D eigenvalue weighted by Gasteiger charge is 2.26. The smallest absolute Gasteiger partial charge is 0.129 e. The van der Waals surface area contributed by atoms with Crippen LogP contribution in [-0.4, -0.2) is 16.3 Å². The van der Waals surface area contributed by atoms with Crippen molar-refractivity contribution >= 4 is 0 Å². The summed E-state index contributed by atoms with van der Waals surface area (Å²) in [5.74, 6) is 0.987. The average Bonchev–Trinajstić information content (AvgIpc) is 3.18. The topological polar surface area (TPSA) is 29.9 Å². The SMILES string of the molecule is CC(C)CNCc1c(F)cccc1-n1ccc(C2CC2)n1. The summed E-state index contributed by atoms with van der Waals surface area (Å²) in [7, 11) is 0. The maximum atomic E-state index is 14.2. The molecule has 1 heterocycles. The standard InChI is InChI=1S/C17H22FN3/c1-12(2)10-19-11-14-15(18)4-3-5-17(14)21-9-8-16(20-21)13-6-7-13/h3-5,8-9,12-13,19H,6-7,10-11H2,1-2H3. The Morgan fingerprint density at radius 1 is 1.33 bits per heavy atom. The molecule has 112 valence electrons. The molecule has 0 spiro atoms. The number of halogens is 1. The summed E-state index contributed by atoms with van der Waals surface area (Å²) in [6.45, 7) is 5.69. The molecule has 1 N–H and O–H groups in total. The quantitative estimate of drug-likeness (QED) is 0.879. The van der Waals surface area contributed by atoms with Crippen LogP contribution in [0.1, 0.15) is 43.9 Å². The minimum Gasteiger partial charge on any atom is -0.312 e. The second-order valence-electron chi connectivity index (χ2n) is 6.22. The number of nitrogens with zero attached hydrogens (tertiary/aromatic N) is 2. The maximum absolute atomic E-state index is 14.2. The lowest BCUT2D eigenvalue weighted by atomic mass is 10.1. The van der Waals surface area contributed by atoms with Gasteiger partial charge in [-0.3, -0.25) is 0 Å². The lowest BCUT2D eigenvalue weighted by Crippen LogP contribution is -2.21. The second kappa shape index (κ2) is 5.98. The second-order valence-corrected chi connectivity index (χ2v) is 6.22. The minimum atomic E-state index is -0.174. The van der Waals surface area contributed by atoms with E-state index >= 15 is 0 Å². The summed E-state index contributed by atoms with van der Waals surface area (Å²) < 4.78 is 16.0. The van der Waals surface area contributed by atoms with E-state index in [1.165, 1.54) is 18.9 Å². The molecule has 0 bridgehead atoms. The summed E-state index contributed by atoms with van der Waals surface area (Å²) in [4.78, 5) is 0. The van der Waals surface area contributed by atoms with Crippen molar-refractivity contribution in [3.63, 3.8) is 0 Å². The normalized spacial score (nSPS) is 14.9.